The van der Waals surface area contributed by atoms with E-state index >= 15 is 0 Å². The molecule has 63 heavy (non-hydrogen) atoms. The number of hydrogen-bond acceptors (Lipinski definition) is 5. The summed E-state index contributed by atoms with van der Waals surface area (Å²) >= 11 is 0. The van der Waals surface area contributed by atoms with Crippen LogP contribution in [0, 0.1) is 0 Å². The third kappa shape index (κ3) is 7.16. The first-order valence-electron chi connectivity index (χ1n) is 21.3. The summed E-state index contributed by atoms with van der Waals surface area (Å²) in [4.78, 5) is 25.5. The molecule has 1 aliphatic rings. The minimum Gasteiger partial charge on any atom is -0.237 e. The maximum absolute atomic E-state index is 5.35. The van der Waals surface area contributed by atoms with E-state index in [1.165, 1.54) is 21.6 Å². The summed E-state index contributed by atoms with van der Waals surface area (Å²) in [5.41, 5.74) is 15.1. The van der Waals surface area contributed by atoms with Crippen LogP contribution >= 0.6 is 0 Å². The van der Waals surface area contributed by atoms with Gasteiger partial charge in [-0.3, -0.25) is 0 Å². The van der Waals surface area contributed by atoms with Crippen molar-refractivity contribution >= 4 is 18.6 Å². The molecular formula is C57H41N5Si. The molecule has 0 saturated carbocycles. The van der Waals surface area contributed by atoms with E-state index in [1.807, 2.05) is 66.7 Å². The van der Waals surface area contributed by atoms with Crippen LogP contribution in [-0.4, -0.2) is 33.0 Å². The fourth-order valence-corrected chi connectivity index (χ4v) is 11.8. The summed E-state index contributed by atoms with van der Waals surface area (Å²) in [7, 11) is -2.07. The Morgan fingerprint density at radius 2 is 0.619 bits per heavy atom. The van der Waals surface area contributed by atoms with Crippen molar-refractivity contribution < 1.29 is 0 Å². The Morgan fingerprint density at radius 1 is 0.286 bits per heavy atom. The third-order valence-electron chi connectivity index (χ3n) is 12.1. The lowest BCUT2D eigenvalue weighted by Crippen LogP contribution is -2.50. The number of benzene rings is 8. The van der Waals surface area contributed by atoms with Gasteiger partial charge < -0.3 is 0 Å². The van der Waals surface area contributed by atoms with E-state index in [9.17, 15) is 0 Å². The van der Waals surface area contributed by atoms with Crippen LogP contribution in [0.25, 0.3) is 101 Å². The van der Waals surface area contributed by atoms with Crippen molar-refractivity contribution in [3.63, 3.8) is 0 Å². The number of rotatable bonds is 8. The Bertz CT molecular complexity index is 3260. The molecule has 0 saturated heterocycles. The summed E-state index contributed by atoms with van der Waals surface area (Å²) in [5, 5.41) is 2.62. The molecule has 10 aromatic rings. The van der Waals surface area contributed by atoms with E-state index in [4.69, 9.17) is 24.9 Å². The van der Waals surface area contributed by atoms with E-state index in [1.54, 1.807) is 0 Å². The normalized spacial score (nSPS) is 12.4. The molecular weight excluding hydrogens is 783 g/mol. The van der Waals surface area contributed by atoms with Crippen molar-refractivity contribution in [1.82, 2.24) is 24.9 Å². The molecule has 0 fully saturated rings. The van der Waals surface area contributed by atoms with Gasteiger partial charge in [-0.15, -0.1) is 0 Å². The summed E-state index contributed by atoms with van der Waals surface area (Å²) in [6.07, 6.45) is 0. The number of fused-ring (bicyclic) bond motifs is 3. The van der Waals surface area contributed by atoms with Gasteiger partial charge >= 0.3 is 0 Å². The average Bonchev–Trinajstić information content (AvgIpc) is 3.60. The second-order valence-electron chi connectivity index (χ2n) is 16.5. The lowest BCUT2D eigenvalue weighted by atomic mass is 9.94. The smallest absolute Gasteiger partial charge is 0.164 e. The van der Waals surface area contributed by atoms with Crippen LogP contribution in [0.1, 0.15) is 0 Å². The van der Waals surface area contributed by atoms with Gasteiger partial charge in [0.05, 0.1) is 5.69 Å². The lowest BCUT2D eigenvalue weighted by molar-refractivity contribution is 1.07. The van der Waals surface area contributed by atoms with E-state index in [0.717, 1.165) is 72.7 Å². The van der Waals surface area contributed by atoms with Gasteiger partial charge in [0.25, 0.3) is 0 Å². The fourth-order valence-electron chi connectivity index (χ4n) is 8.85. The van der Waals surface area contributed by atoms with Crippen molar-refractivity contribution in [2.45, 2.75) is 13.1 Å². The maximum atomic E-state index is 5.35. The summed E-state index contributed by atoms with van der Waals surface area (Å²) < 4.78 is 0. The van der Waals surface area contributed by atoms with Crippen molar-refractivity contribution in [1.29, 1.82) is 0 Å². The predicted molar refractivity (Wildman–Crippen MR) is 261 cm³/mol. The monoisotopic (exact) mass is 823 g/mol. The molecule has 11 rings (SSSR count). The molecule has 0 aliphatic carbocycles. The van der Waals surface area contributed by atoms with Crippen LogP contribution in [0.15, 0.2) is 212 Å². The highest BCUT2D eigenvalue weighted by Gasteiger charge is 2.41. The largest absolute Gasteiger partial charge is 0.237 e. The van der Waals surface area contributed by atoms with E-state index in [2.05, 4.69) is 159 Å². The minimum atomic E-state index is -2.07. The quantitative estimate of drug-likeness (QED) is 0.143. The summed E-state index contributed by atoms with van der Waals surface area (Å²) in [6.45, 7) is 4.82. The average molecular weight is 824 g/mol. The van der Waals surface area contributed by atoms with Gasteiger partial charge in [-0.1, -0.05) is 201 Å². The van der Waals surface area contributed by atoms with Gasteiger partial charge in [-0.25, -0.2) is 24.9 Å². The zero-order valence-corrected chi connectivity index (χ0v) is 35.9. The van der Waals surface area contributed by atoms with Crippen LogP contribution in [0.4, 0.5) is 0 Å². The highest BCUT2D eigenvalue weighted by molar-refractivity contribution is 7.03. The zero-order valence-electron chi connectivity index (χ0n) is 34.9. The van der Waals surface area contributed by atoms with Crippen LogP contribution in [0.2, 0.25) is 13.1 Å². The number of nitrogens with zero attached hydrogens (tertiary/aromatic N) is 5. The predicted octanol–water partition coefficient (Wildman–Crippen LogP) is 12.8. The summed E-state index contributed by atoms with van der Waals surface area (Å²) in [6, 6.07) is 74.3. The van der Waals surface area contributed by atoms with Gasteiger partial charge in [0.1, 0.15) is 8.07 Å². The molecule has 3 heterocycles. The first-order valence-corrected chi connectivity index (χ1v) is 24.3. The van der Waals surface area contributed by atoms with Gasteiger partial charge in [0.2, 0.25) is 0 Å². The van der Waals surface area contributed by atoms with Crippen LogP contribution in [-0.2, 0) is 0 Å². The standard InChI is InChI=1S/C57H41N5Si/c1-63(2)50-33-13-12-32-49(50)51-52(58-53(62-57(51)63)38-18-6-3-7-19-38)47-30-16-28-45(36-47)43-26-14-24-41(34-43)42-25-15-27-44(35-42)46-29-17-31-48(37-46)56-60-54(39-20-8-4-9-21-39)59-55(61-56)40-22-10-5-11-23-40/h3-37H,1-2H3. The first-order chi connectivity index (χ1) is 31.0. The minimum absolute atomic E-state index is 0.633. The Balaban J connectivity index is 0.948. The van der Waals surface area contributed by atoms with E-state index < -0.39 is 8.07 Å². The van der Waals surface area contributed by atoms with E-state index in [0.29, 0.717) is 17.5 Å². The number of hydrogen-bond donors (Lipinski definition) is 0. The second kappa shape index (κ2) is 15.8. The van der Waals surface area contributed by atoms with Gasteiger partial charge in [-0.05, 0) is 68.4 Å². The van der Waals surface area contributed by atoms with E-state index in [-0.39, 0.29) is 0 Å². The molecule has 2 aromatic heterocycles. The van der Waals surface area contributed by atoms with Crippen LogP contribution < -0.4 is 10.5 Å². The molecule has 0 bridgehead atoms. The second-order valence-corrected chi connectivity index (χ2v) is 20.8. The molecule has 5 nitrogen and oxygen atoms in total. The Labute approximate surface area is 368 Å². The fraction of sp³-hybridized carbons (Fsp3) is 0.0351. The Kier molecular flexibility index (Phi) is 9.55. The molecule has 0 radical (unpaired) electrons. The van der Waals surface area contributed by atoms with Crippen molar-refractivity contribution in [3.05, 3.63) is 212 Å². The molecule has 0 amide bonds. The van der Waals surface area contributed by atoms with Crippen molar-refractivity contribution in [3.8, 4) is 101 Å². The molecule has 0 N–H and O–H groups in total. The summed E-state index contributed by atoms with van der Waals surface area (Å²) in [5.74, 6) is 2.70. The van der Waals surface area contributed by atoms with Crippen molar-refractivity contribution in [2.75, 3.05) is 0 Å². The van der Waals surface area contributed by atoms with Crippen LogP contribution in [0.5, 0.6) is 0 Å². The maximum Gasteiger partial charge on any atom is 0.164 e. The molecule has 0 spiro atoms. The van der Waals surface area contributed by atoms with Gasteiger partial charge in [-0.2, -0.15) is 0 Å². The molecule has 0 atom stereocenters. The lowest BCUT2D eigenvalue weighted by Gasteiger charge is -2.19. The molecule has 1 aliphatic heterocycles. The van der Waals surface area contributed by atoms with Gasteiger partial charge in [0, 0.05) is 38.7 Å². The van der Waals surface area contributed by atoms with Crippen LogP contribution in [0.3, 0.4) is 0 Å². The topological polar surface area (TPSA) is 64.5 Å². The SMILES string of the molecule is C[Si]1(C)c2ccccc2-c2c(-c3cccc(-c4cccc(-c5cccc(-c6cccc(-c7nc(-c8ccccc8)nc(-c8ccccc8)n7)c6)c5)c4)c3)nc(-c3ccccc3)nc21. The third-order valence-corrected chi connectivity index (χ3v) is 15.4. The highest BCUT2D eigenvalue weighted by Crippen LogP contribution is 2.38. The molecule has 6 heteroatoms. The highest BCUT2D eigenvalue weighted by atomic mass is 28.3. The first kappa shape index (κ1) is 38.0. The zero-order chi connectivity index (χ0) is 42.3. The Hall–Kier alpha value is -7.93. The van der Waals surface area contributed by atoms with Crippen molar-refractivity contribution in [2.24, 2.45) is 0 Å². The number of aromatic nitrogens is 5. The molecule has 298 valence electrons. The molecule has 0 unspecified atom stereocenters. The Morgan fingerprint density at radius 3 is 1.10 bits per heavy atom. The molecule has 8 aromatic carbocycles. The van der Waals surface area contributed by atoms with Gasteiger partial charge in [0.15, 0.2) is 23.3 Å².